The highest BCUT2D eigenvalue weighted by molar-refractivity contribution is 7.46. The van der Waals surface area contributed by atoms with Gasteiger partial charge < -0.3 is 28.8 Å². The van der Waals surface area contributed by atoms with Crippen LogP contribution in [0.15, 0.2) is 23.0 Å². The van der Waals surface area contributed by atoms with E-state index in [4.69, 9.17) is 14.0 Å². The Morgan fingerprint density at radius 2 is 2.00 bits per heavy atom. The van der Waals surface area contributed by atoms with Crippen LogP contribution in [0.5, 0.6) is 5.75 Å². The van der Waals surface area contributed by atoms with E-state index in [-0.39, 0.29) is 54.4 Å². The summed E-state index contributed by atoms with van der Waals surface area (Å²) in [6, 6.07) is 3.99. The van der Waals surface area contributed by atoms with Gasteiger partial charge in [-0.3, -0.25) is 14.6 Å². The lowest BCUT2D eigenvalue weighted by atomic mass is 9.85. The fraction of sp³-hybridized carbons (Fsp3) is 0.407. The highest BCUT2D eigenvalue weighted by Crippen LogP contribution is 2.45. The summed E-state index contributed by atoms with van der Waals surface area (Å²) in [6.07, 6.45) is -0.855. The first-order chi connectivity index (χ1) is 19.6. The number of nitrogens with one attached hydrogen (secondary N) is 1. The van der Waals surface area contributed by atoms with Crippen molar-refractivity contribution in [2.45, 2.75) is 58.5 Å². The van der Waals surface area contributed by atoms with E-state index in [2.05, 4.69) is 10.3 Å². The summed E-state index contributed by atoms with van der Waals surface area (Å²) >= 11 is 0. The number of ether oxygens (including phenoxy) is 2. The zero-order valence-electron chi connectivity index (χ0n) is 23.6. The molecule has 2 aliphatic rings. The van der Waals surface area contributed by atoms with Gasteiger partial charge in [-0.15, -0.1) is 0 Å². The third kappa shape index (κ3) is 5.04. The largest absolute Gasteiger partial charge is 0.524 e. The van der Waals surface area contributed by atoms with Gasteiger partial charge in [-0.1, -0.05) is 6.92 Å². The highest BCUT2D eigenvalue weighted by Gasteiger charge is 2.50. The molecule has 1 aromatic carbocycles. The summed E-state index contributed by atoms with van der Waals surface area (Å²) in [5, 5.41) is 2.97. The highest BCUT2D eigenvalue weighted by atomic mass is 31.2. The molecule has 5 rings (SSSR count). The average Bonchev–Trinajstić information content (AvgIpc) is 3.23. The number of halogens is 1. The number of esters is 1. The van der Waals surface area contributed by atoms with Crippen LogP contribution in [0.4, 0.5) is 9.18 Å². The van der Waals surface area contributed by atoms with Crippen molar-refractivity contribution in [3.8, 4) is 17.1 Å². The fourth-order valence-electron chi connectivity index (χ4n) is 5.41. The Balaban J connectivity index is 1.71. The lowest BCUT2D eigenvalue weighted by Crippen LogP contribution is -2.49. The van der Waals surface area contributed by atoms with Gasteiger partial charge in [0.15, 0.2) is 11.6 Å². The third-order valence-electron chi connectivity index (χ3n) is 7.15. The van der Waals surface area contributed by atoms with Crippen molar-refractivity contribution >= 4 is 30.8 Å². The molecule has 224 valence electrons. The van der Waals surface area contributed by atoms with Crippen LogP contribution in [0.2, 0.25) is 0 Å². The maximum absolute atomic E-state index is 15.2. The molecule has 3 aromatic rings. The molecule has 4 heterocycles. The number of hydrogen-bond donors (Lipinski definition) is 3. The summed E-state index contributed by atoms with van der Waals surface area (Å²) in [7, 11) is -1.69. The summed E-state index contributed by atoms with van der Waals surface area (Å²) in [4.78, 5) is 64.6. The first kappa shape index (κ1) is 29.6. The summed E-state index contributed by atoms with van der Waals surface area (Å²) < 4.78 is 44.0. The minimum Gasteiger partial charge on any atom is -0.457 e. The van der Waals surface area contributed by atoms with Crippen LogP contribution in [-0.2, 0) is 44.1 Å². The van der Waals surface area contributed by atoms with Gasteiger partial charge >= 0.3 is 19.9 Å². The second kappa shape index (κ2) is 10.5. The van der Waals surface area contributed by atoms with Gasteiger partial charge in [0, 0.05) is 40.7 Å². The molecule has 15 heteroatoms. The molecule has 2 aliphatic heterocycles. The minimum absolute atomic E-state index is 0.00724. The van der Waals surface area contributed by atoms with E-state index in [1.807, 2.05) is 0 Å². The number of pyridine rings is 2. The zero-order chi connectivity index (χ0) is 30.7. The molecule has 13 nitrogen and oxygen atoms in total. The molecule has 0 radical (unpaired) electrons. The Hall–Kier alpha value is -3.84. The van der Waals surface area contributed by atoms with Gasteiger partial charge in [-0.25, -0.2) is 23.5 Å². The second-order valence-electron chi connectivity index (χ2n) is 10.8. The van der Waals surface area contributed by atoms with Crippen molar-refractivity contribution in [3.63, 3.8) is 0 Å². The number of cyclic esters (lactones) is 1. The van der Waals surface area contributed by atoms with E-state index >= 15 is 4.39 Å². The number of nitrogens with zero attached hydrogens (tertiary/aromatic N) is 3. The predicted octanol–water partition coefficient (Wildman–Crippen LogP) is 2.89. The molecule has 0 unspecified atom stereocenters. The molecular formula is C27H30FN4O9P. The van der Waals surface area contributed by atoms with Crippen LogP contribution >= 0.6 is 7.82 Å². The number of carbonyl (C=O) groups is 2. The van der Waals surface area contributed by atoms with Crippen molar-refractivity contribution in [1.29, 1.82) is 0 Å². The number of phosphoric ester groups is 1. The van der Waals surface area contributed by atoms with Crippen molar-refractivity contribution in [2.24, 2.45) is 0 Å². The van der Waals surface area contributed by atoms with Gasteiger partial charge in [0.25, 0.3) is 5.56 Å². The van der Waals surface area contributed by atoms with E-state index in [9.17, 15) is 28.7 Å². The Kier molecular flexibility index (Phi) is 7.38. The van der Waals surface area contributed by atoms with Crippen LogP contribution < -0.4 is 15.4 Å². The SMILES string of the molecule is CC[C@@]1(OC(=O)NC(C)C)C(=O)OCc2c1cc1n(c2=O)Cc2cc3c(CN(C)C)c(OP(=O)(O)O)c(F)cc3nc2-1. The molecule has 0 aliphatic carbocycles. The Morgan fingerprint density at radius 1 is 1.29 bits per heavy atom. The number of benzene rings is 1. The van der Waals surface area contributed by atoms with E-state index < -0.39 is 42.6 Å². The maximum atomic E-state index is 15.2. The van der Waals surface area contributed by atoms with Crippen LogP contribution in [0.1, 0.15) is 49.4 Å². The molecular weight excluding hydrogens is 574 g/mol. The van der Waals surface area contributed by atoms with Crippen LogP contribution in [0.25, 0.3) is 22.3 Å². The van der Waals surface area contributed by atoms with Crippen LogP contribution in [-0.4, -0.2) is 56.4 Å². The van der Waals surface area contributed by atoms with E-state index in [0.717, 1.165) is 6.07 Å². The molecule has 42 heavy (non-hydrogen) atoms. The average molecular weight is 605 g/mol. The number of rotatable bonds is 7. The normalized spacial score (nSPS) is 17.6. The maximum Gasteiger partial charge on any atom is 0.524 e. The lowest BCUT2D eigenvalue weighted by molar-refractivity contribution is -0.172. The Labute approximate surface area is 239 Å². The van der Waals surface area contributed by atoms with Crippen molar-refractivity contribution in [2.75, 3.05) is 14.1 Å². The zero-order valence-corrected chi connectivity index (χ0v) is 24.5. The number of alkyl carbamates (subject to hydrolysis) is 1. The topological polar surface area (TPSA) is 170 Å². The molecule has 3 N–H and O–H groups in total. The van der Waals surface area contributed by atoms with Gasteiger partial charge in [0.05, 0.1) is 29.0 Å². The van der Waals surface area contributed by atoms with E-state index in [1.54, 1.807) is 51.9 Å². The monoisotopic (exact) mass is 604 g/mol. The molecule has 0 spiro atoms. The first-order valence-electron chi connectivity index (χ1n) is 13.1. The number of carbonyl (C=O) groups excluding carboxylic acids is 2. The lowest BCUT2D eigenvalue weighted by Gasteiger charge is -2.35. The van der Waals surface area contributed by atoms with E-state index in [1.165, 1.54) is 4.57 Å². The number of fused-ring (bicyclic) bond motifs is 5. The molecule has 0 saturated carbocycles. The van der Waals surface area contributed by atoms with Crippen LogP contribution in [0.3, 0.4) is 0 Å². The molecule has 0 bridgehead atoms. The van der Waals surface area contributed by atoms with Gasteiger partial charge in [-0.05, 0) is 46.5 Å². The minimum atomic E-state index is -5.09. The third-order valence-corrected chi connectivity index (χ3v) is 7.57. The number of phosphoric acid groups is 1. The Bertz CT molecular complexity index is 1750. The van der Waals surface area contributed by atoms with Gasteiger partial charge in [0.2, 0.25) is 5.60 Å². The first-order valence-corrected chi connectivity index (χ1v) is 14.7. The summed E-state index contributed by atoms with van der Waals surface area (Å²) in [5.41, 5.74) is -0.406. The number of hydrogen-bond acceptors (Lipinski definition) is 9. The molecule has 2 aromatic heterocycles. The number of aromatic nitrogens is 2. The van der Waals surface area contributed by atoms with Crippen molar-refractivity contribution in [3.05, 3.63) is 56.6 Å². The molecule has 1 amide bonds. The quantitative estimate of drug-likeness (QED) is 0.209. The van der Waals surface area contributed by atoms with Gasteiger partial charge in [0.1, 0.15) is 6.61 Å². The number of amides is 1. The second-order valence-corrected chi connectivity index (χ2v) is 12.0. The summed E-state index contributed by atoms with van der Waals surface area (Å²) in [6.45, 7) is 4.93. The Morgan fingerprint density at radius 3 is 2.62 bits per heavy atom. The predicted molar refractivity (Wildman–Crippen MR) is 147 cm³/mol. The van der Waals surface area contributed by atoms with Crippen molar-refractivity contribution < 1.29 is 42.3 Å². The molecule has 0 saturated heterocycles. The summed E-state index contributed by atoms with van der Waals surface area (Å²) in [5.74, 6) is -2.42. The molecule has 1 atom stereocenters. The van der Waals surface area contributed by atoms with E-state index in [0.29, 0.717) is 22.3 Å². The van der Waals surface area contributed by atoms with Crippen molar-refractivity contribution in [1.82, 2.24) is 19.8 Å². The standard InChI is InChI=1S/C27H30FN4O9P/c1-6-27(40-26(35)29-13(2)3)18-8-21-22-14(10-32(21)24(33)17(18)12-39-25(27)34)7-15-16(11-31(4)5)23(41-42(36,37)38)19(28)9-20(15)30-22/h7-9,13H,6,10-12H2,1-5H3,(H,29,35)(H2,36,37,38)/t27-/m0/s1. The molecule has 0 fully saturated rings. The van der Waals surface area contributed by atoms with Gasteiger partial charge in [-0.2, -0.15) is 0 Å². The fourth-order valence-corrected chi connectivity index (χ4v) is 5.84. The smallest absolute Gasteiger partial charge is 0.457 e. The van der Waals surface area contributed by atoms with Crippen LogP contribution in [0, 0.1) is 5.82 Å².